The predicted octanol–water partition coefficient (Wildman–Crippen LogP) is -4.39. The zero-order valence-electron chi connectivity index (χ0n) is 15.6. The number of primary amides is 1. The van der Waals surface area contributed by atoms with Crippen molar-refractivity contribution in [3.8, 4) is 0 Å². The molecule has 4 atom stereocenters. The lowest BCUT2D eigenvalue weighted by molar-refractivity contribution is -0.143. The van der Waals surface area contributed by atoms with E-state index in [2.05, 4.69) is 10.6 Å². The Morgan fingerprint density at radius 2 is 1.55 bits per heavy atom. The number of nitrogens with one attached hydrogen (secondary N) is 3. The molecular weight excluding hydrogens is 394 g/mol. The molecule has 0 saturated heterocycles. The molecule has 0 fully saturated rings. The maximum atomic E-state index is 12.2. The summed E-state index contributed by atoms with van der Waals surface area (Å²) in [4.78, 5) is 68.4. The number of hydrogen-bond acceptors (Lipinski definition) is 8. The second-order valence-electron chi connectivity index (χ2n) is 6.11. The van der Waals surface area contributed by atoms with Gasteiger partial charge in [0.15, 0.2) is 0 Å². The highest BCUT2D eigenvalue weighted by molar-refractivity contribution is 5.93. The van der Waals surface area contributed by atoms with Gasteiger partial charge in [-0.05, 0) is 13.3 Å². The van der Waals surface area contributed by atoms with E-state index >= 15 is 0 Å². The first-order valence-corrected chi connectivity index (χ1v) is 8.39. The fourth-order valence-electron chi connectivity index (χ4n) is 1.96. The van der Waals surface area contributed by atoms with E-state index in [1.54, 1.807) is 0 Å². The Morgan fingerprint density at radius 3 is 2.00 bits per heavy atom. The van der Waals surface area contributed by atoms with Gasteiger partial charge in [0.1, 0.15) is 18.1 Å². The lowest BCUT2D eigenvalue weighted by atomic mass is 10.1. The summed E-state index contributed by atoms with van der Waals surface area (Å²) in [7, 11) is 0. The molecule has 14 heteroatoms. The molecule has 29 heavy (non-hydrogen) atoms. The average molecular weight is 419 g/mol. The van der Waals surface area contributed by atoms with Crippen LogP contribution in [-0.2, 0) is 28.8 Å². The monoisotopic (exact) mass is 419 g/mol. The first-order chi connectivity index (χ1) is 13.3. The number of aliphatic hydroxyl groups is 1. The molecule has 0 heterocycles. The standard InChI is InChI=1S/C15H25N5O9/c1-6(21)12(17)14(27)20-7(2-3-11(24)25)13(26)18-5-10(23)19-8(15(28)29)4-9(16)22/h6-8,12,21H,2-5,17H2,1H3,(H2,16,22)(H,18,26)(H,19,23)(H,20,27)(H,24,25)(H,28,29). The van der Waals surface area contributed by atoms with Crippen molar-refractivity contribution in [1.29, 1.82) is 0 Å². The van der Waals surface area contributed by atoms with E-state index in [9.17, 15) is 33.9 Å². The number of hydrogen-bond donors (Lipinski definition) is 8. The topological polar surface area (TPSA) is 251 Å². The summed E-state index contributed by atoms with van der Waals surface area (Å²) in [5.41, 5.74) is 10.3. The number of aliphatic hydroxyl groups excluding tert-OH is 1. The lowest BCUT2D eigenvalue weighted by Crippen LogP contribution is -2.55. The Bertz CT molecular complexity index is 652. The number of aliphatic carboxylic acids is 2. The van der Waals surface area contributed by atoms with Gasteiger partial charge in [-0.3, -0.25) is 24.0 Å². The predicted molar refractivity (Wildman–Crippen MR) is 94.8 cm³/mol. The molecule has 0 aromatic carbocycles. The molecule has 0 aromatic rings. The minimum absolute atomic E-state index is 0.333. The summed E-state index contributed by atoms with van der Waals surface area (Å²) in [6.45, 7) is 0.523. The number of carboxylic acid groups (broad SMARTS) is 2. The van der Waals surface area contributed by atoms with Crippen LogP contribution in [-0.4, -0.2) is 81.7 Å². The minimum atomic E-state index is -1.59. The fraction of sp³-hybridized carbons (Fsp3) is 0.600. The summed E-state index contributed by atoms with van der Waals surface area (Å²) in [5.74, 6) is -6.53. The Labute approximate surface area is 165 Å². The van der Waals surface area contributed by atoms with Gasteiger partial charge in [-0.25, -0.2) is 4.79 Å². The van der Waals surface area contributed by atoms with Crippen molar-refractivity contribution in [3.63, 3.8) is 0 Å². The van der Waals surface area contributed by atoms with E-state index in [1.165, 1.54) is 6.92 Å². The molecule has 4 unspecified atom stereocenters. The van der Waals surface area contributed by atoms with E-state index in [1.807, 2.05) is 5.32 Å². The molecule has 0 aliphatic rings. The summed E-state index contributed by atoms with van der Waals surface area (Å²) >= 11 is 0. The van der Waals surface area contributed by atoms with E-state index in [-0.39, 0.29) is 6.42 Å². The normalized spacial score (nSPS) is 14.6. The third-order valence-electron chi connectivity index (χ3n) is 3.56. The van der Waals surface area contributed by atoms with Gasteiger partial charge in [-0.2, -0.15) is 0 Å². The maximum Gasteiger partial charge on any atom is 0.326 e. The highest BCUT2D eigenvalue weighted by Crippen LogP contribution is 2.00. The molecular formula is C15H25N5O9. The van der Waals surface area contributed by atoms with Crippen LogP contribution >= 0.6 is 0 Å². The third kappa shape index (κ3) is 10.6. The third-order valence-corrected chi connectivity index (χ3v) is 3.56. The molecule has 14 nitrogen and oxygen atoms in total. The Kier molecular flexibility index (Phi) is 10.9. The first-order valence-electron chi connectivity index (χ1n) is 8.39. The maximum absolute atomic E-state index is 12.2. The number of amides is 4. The molecule has 164 valence electrons. The van der Waals surface area contributed by atoms with Gasteiger partial charge in [-0.15, -0.1) is 0 Å². The molecule has 0 aliphatic carbocycles. The van der Waals surface area contributed by atoms with Gasteiger partial charge in [0.2, 0.25) is 23.6 Å². The SMILES string of the molecule is CC(O)C(N)C(=O)NC(CCC(=O)O)C(=O)NCC(=O)NC(CC(N)=O)C(=O)O. The highest BCUT2D eigenvalue weighted by Gasteiger charge is 2.27. The summed E-state index contributed by atoms with van der Waals surface area (Å²) in [6.07, 6.45) is -2.72. The minimum Gasteiger partial charge on any atom is -0.481 e. The number of carbonyl (C=O) groups is 6. The highest BCUT2D eigenvalue weighted by atomic mass is 16.4. The lowest BCUT2D eigenvalue weighted by Gasteiger charge is -2.21. The Morgan fingerprint density at radius 1 is 0.966 bits per heavy atom. The van der Waals surface area contributed by atoms with Crippen molar-refractivity contribution in [2.75, 3.05) is 6.54 Å². The van der Waals surface area contributed by atoms with Gasteiger partial charge in [0, 0.05) is 6.42 Å². The van der Waals surface area contributed by atoms with E-state index < -0.39 is 79.2 Å². The molecule has 0 rings (SSSR count). The van der Waals surface area contributed by atoms with Crippen molar-refractivity contribution in [1.82, 2.24) is 16.0 Å². The largest absolute Gasteiger partial charge is 0.481 e. The van der Waals surface area contributed by atoms with Crippen LogP contribution in [0.3, 0.4) is 0 Å². The van der Waals surface area contributed by atoms with Crippen LogP contribution in [0.25, 0.3) is 0 Å². The number of nitrogens with two attached hydrogens (primary N) is 2. The van der Waals surface area contributed by atoms with Gasteiger partial charge in [0.05, 0.1) is 19.1 Å². The number of carbonyl (C=O) groups excluding carboxylic acids is 4. The second-order valence-corrected chi connectivity index (χ2v) is 6.11. The molecule has 0 aliphatic heterocycles. The zero-order chi connectivity index (χ0) is 22.7. The van der Waals surface area contributed by atoms with Crippen LogP contribution in [0.1, 0.15) is 26.2 Å². The average Bonchev–Trinajstić information content (AvgIpc) is 2.60. The van der Waals surface area contributed by atoms with Crippen molar-refractivity contribution < 1.29 is 44.1 Å². The van der Waals surface area contributed by atoms with E-state index in [0.717, 1.165) is 0 Å². The van der Waals surface area contributed by atoms with Crippen LogP contribution in [0.15, 0.2) is 0 Å². The zero-order valence-corrected chi connectivity index (χ0v) is 15.6. The van der Waals surface area contributed by atoms with Crippen LogP contribution in [0.2, 0.25) is 0 Å². The quantitative estimate of drug-likeness (QED) is 0.142. The van der Waals surface area contributed by atoms with E-state index in [0.29, 0.717) is 0 Å². The number of rotatable bonds is 13. The van der Waals surface area contributed by atoms with Gasteiger partial charge in [0.25, 0.3) is 0 Å². The molecule has 10 N–H and O–H groups in total. The summed E-state index contributed by atoms with van der Waals surface area (Å²) in [5, 5.41) is 33.2. The summed E-state index contributed by atoms with van der Waals surface area (Å²) < 4.78 is 0. The number of carboxylic acids is 2. The van der Waals surface area contributed by atoms with Crippen LogP contribution in [0.4, 0.5) is 0 Å². The summed E-state index contributed by atoms with van der Waals surface area (Å²) in [6, 6.07) is -4.34. The molecule has 0 aromatic heterocycles. The first kappa shape index (κ1) is 25.7. The van der Waals surface area contributed by atoms with Crippen molar-refractivity contribution in [2.24, 2.45) is 11.5 Å². The Hall–Kier alpha value is -3.26. The smallest absolute Gasteiger partial charge is 0.326 e. The molecule has 0 saturated carbocycles. The Balaban J connectivity index is 4.91. The van der Waals surface area contributed by atoms with Crippen LogP contribution < -0.4 is 27.4 Å². The molecule has 0 radical (unpaired) electrons. The van der Waals surface area contributed by atoms with Crippen molar-refractivity contribution >= 4 is 35.6 Å². The van der Waals surface area contributed by atoms with Crippen molar-refractivity contribution in [2.45, 2.75) is 50.4 Å². The van der Waals surface area contributed by atoms with Gasteiger partial charge < -0.3 is 42.7 Å². The van der Waals surface area contributed by atoms with Crippen LogP contribution in [0.5, 0.6) is 0 Å². The van der Waals surface area contributed by atoms with Gasteiger partial charge >= 0.3 is 11.9 Å². The van der Waals surface area contributed by atoms with E-state index in [4.69, 9.17) is 21.7 Å². The fourth-order valence-corrected chi connectivity index (χ4v) is 1.96. The molecule has 0 bridgehead atoms. The molecule has 0 spiro atoms. The van der Waals surface area contributed by atoms with Gasteiger partial charge in [-0.1, -0.05) is 0 Å². The van der Waals surface area contributed by atoms with Crippen molar-refractivity contribution in [3.05, 3.63) is 0 Å². The molecule has 4 amide bonds. The van der Waals surface area contributed by atoms with Crippen LogP contribution in [0, 0.1) is 0 Å². The second kappa shape index (κ2) is 12.2.